The zero-order valence-electron chi connectivity index (χ0n) is 12.5. The van der Waals surface area contributed by atoms with Crippen LogP contribution in [0.3, 0.4) is 0 Å². The molecule has 0 aliphatic rings. The van der Waals surface area contributed by atoms with E-state index in [4.69, 9.17) is 0 Å². The lowest BCUT2D eigenvalue weighted by Gasteiger charge is -2.25. The Balaban J connectivity index is 2.69. The van der Waals surface area contributed by atoms with Crippen molar-refractivity contribution in [3.05, 3.63) is 24.3 Å². The zero-order chi connectivity index (χ0) is 14.6. The molecule has 3 nitrogen and oxygen atoms in total. The molecule has 1 aromatic rings. The second-order valence-corrected chi connectivity index (χ2v) is 7.85. The van der Waals surface area contributed by atoms with E-state index < -0.39 is 9.84 Å². The van der Waals surface area contributed by atoms with Gasteiger partial charge in [-0.25, -0.2) is 8.42 Å². The molecule has 0 spiro atoms. The summed E-state index contributed by atoms with van der Waals surface area (Å²) in [6.07, 6.45) is 1.23. The fourth-order valence-electron chi connectivity index (χ4n) is 2.30. The Morgan fingerprint density at radius 2 is 1.47 bits per heavy atom. The number of anilines is 1. The van der Waals surface area contributed by atoms with Crippen LogP contribution in [0.15, 0.2) is 29.2 Å². The minimum atomic E-state index is -3.11. The van der Waals surface area contributed by atoms with E-state index in [0.29, 0.717) is 22.6 Å². The van der Waals surface area contributed by atoms with Crippen LogP contribution in [0.1, 0.15) is 27.7 Å². The first-order valence-corrected chi connectivity index (χ1v) is 8.65. The molecule has 1 N–H and O–H groups in total. The first-order chi connectivity index (χ1) is 8.71. The van der Waals surface area contributed by atoms with E-state index in [1.807, 2.05) is 12.1 Å². The van der Waals surface area contributed by atoms with E-state index in [1.165, 1.54) is 6.26 Å². The van der Waals surface area contributed by atoms with Gasteiger partial charge in [0.25, 0.3) is 0 Å². The smallest absolute Gasteiger partial charge is 0.175 e. The molecule has 0 radical (unpaired) electrons. The molecule has 1 aromatic carbocycles. The largest absolute Gasteiger partial charge is 0.385 e. The van der Waals surface area contributed by atoms with Gasteiger partial charge >= 0.3 is 0 Å². The van der Waals surface area contributed by atoms with Crippen molar-refractivity contribution in [3.63, 3.8) is 0 Å². The van der Waals surface area contributed by atoms with E-state index in [1.54, 1.807) is 12.1 Å². The predicted octanol–water partition coefficient (Wildman–Crippen LogP) is 3.43. The lowest BCUT2D eigenvalue weighted by atomic mass is 9.85. The van der Waals surface area contributed by atoms with Gasteiger partial charge in [-0.2, -0.15) is 0 Å². The molecule has 0 heterocycles. The molecule has 0 atom stereocenters. The van der Waals surface area contributed by atoms with Crippen LogP contribution in [0.4, 0.5) is 5.69 Å². The Morgan fingerprint density at radius 3 is 1.84 bits per heavy atom. The molecule has 1 rings (SSSR count). The second-order valence-electron chi connectivity index (χ2n) is 5.83. The third-order valence-corrected chi connectivity index (χ3v) is 4.67. The van der Waals surface area contributed by atoms with Crippen LogP contribution in [0.25, 0.3) is 0 Å². The maximum atomic E-state index is 11.4. The van der Waals surface area contributed by atoms with Crippen molar-refractivity contribution >= 4 is 15.5 Å². The molecule has 0 fully saturated rings. The number of nitrogens with one attached hydrogen (secondary N) is 1. The summed E-state index contributed by atoms with van der Waals surface area (Å²) in [5.41, 5.74) is 0.971. The van der Waals surface area contributed by atoms with Crippen molar-refractivity contribution in [3.8, 4) is 0 Å². The van der Waals surface area contributed by atoms with E-state index >= 15 is 0 Å². The molecule has 0 bridgehead atoms. The second kappa shape index (κ2) is 6.42. The number of sulfone groups is 1. The number of hydrogen-bond donors (Lipinski definition) is 1. The van der Waals surface area contributed by atoms with Gasteiger partial charge in [-0.05, 0) is 42.0 Å². The molecule has 0 aromatic heterocycles. The molecular weight excluding hydrogens is 258 g/mol. The quantitative estimate of drug-likeness (QED) is 0.870. The summed E-state index contributed by atoms with van der Waals surface area (Å²) in [6, 6.07) is 6.96. The summed E-state index contributed by atoms with van der Waals surface area (Å²) >= 11 is 0. The van der Waals surface area contributed by atoms with Gasteiger partial charge in [0.15, 0.2) is 9.84 Å². The highest BCUT2D eigenvalue weighted by atomic mass is 32.2. The molecule has 0 aliphatic heterocycles. The standard InChI is InChI=1S/C15H25NO2S/c1-11(2)15(12(3)4)10-16-13-6-8-14(9-7-13)19(5,17)18/h6-9,11-12,15-16H,10H2,1-5H3. The first-order valence-electron chi connectivity index (χ1n) is 6.75. The molecule has 0 saturated heterocycles. The molecule has 19 heavy (non-hydrogen) atoms. The Morgan fingerprint density at radius 1 is 1.00 bits per heavy atom. The lowest BCUT2D eigenvalue weighted by molar-refractivity contribution is 0.304. The molecule has 4 heteroatoms. The normalized spacial score (nSPS) is 12.4. The van der Waals surface area contributed by atoms with E-state index in [0.717, 1.165) is 12.2 Å². The van der Waals surface area contributed by atoms with Gasteiger partial charge in [0.05, 0.1) is 4.90 Å². The highest BCUT2D eigenvalue weighted by molar-refractivity contribution is 7.90. The summed E-state index contributed by atoms with van der Waals surface area (Å²) in [5, 5.41) is 3.39. The van der Waals surface area contributed by atoms with Crippen molar-refractivity contribution in [2.45, 2.75) is 32.6 Å². The van der Waals surface area contributed by atoms with Gasteiger partial charge in [0.1, 0.15) is 0 Å². The average Bonchev–Trinajstić information content (AvgIpc) is 2.27. The highest BCUT2D eigenvalue weighted by Gasteiger charge is 2.17. The summed E-state index contributed by atoms with van der Waals surface area (Å²) in [7, 11) is -3.11. The van der Waals surface area contributed by atoms with Gasteiger partial charge in [-0.15, -0.1) is 0 Å². The SMILES string of the molecule is CC(C)C(CNc1ccc(S(C)(=O)=O)cc1)C(C)C. The number of hydrogen-bond acceptors (Lipinski definition) is 3. The topological polar surface area (TPSA) is 46.2 Å². The van der Waals surface area contributed by atoms with Crippen LogP contribution in [-0.4, -0.2) is 21.2 Å². The van der Waals surface area contributed by atoms with Gasteiger partial charge < -0.3 is 5.32 Å². The fourth-order valence-corrected chi connectivity index (χ4v) is 2.93. The summed E-state index contributed by atoms with van der Waals surface area (Å²) in [4.78, 5) is 0.363. The van der Waals surface area contributed by atoms with Crippen LogP contribution in [0.2, 0.25) is 0 Å². The third kappa shape index (κ3) is 4.86. The monoisotopic (exact) mass is 283 g/mol. The summed E-state index contributed by atoms with van der Waals surface area (Å²) in [6.45, 7) is 9.85. The predicted molar refractivity (Wildman–Crippen MR) is 81.2 cm³/mol. The van der Waals surface area contributed by atoms with Crippen molar-refractivity contribution in [2.75, 3.05) is 18.1 Å². The van der Waals surface area contributed by atoms with Gasteiger partial charge in [-0.3, -0.25) is 0 Å². The molecule has 0 unspecified atom stereocenters. The van der Waals surface area contributed by atoms with Crippen LogP contribution >= 0.6 is 0 Å². The summed E-state index contributed by atoms with van der Waals surface area (Å²) < 4.78 is 22.7. The fraction of sp³-hybridized carbons (Fsp3) is 0.600. The molecule has 0 amide bonds. The maximum Gasteiger partial charge on any atom is 0.175 e. The van der Waals surface area contributed by atoms with Crippen LogP contribution in [0, 0.1) is 17.8 Å². The van der Waals surface area contributed by atoms with Crippen molar-refractivity contribution < 1.29 is 8.42 Å². The third-order valence-electron chi connectivity index (χ3n) is 3.54. The Labute approximate surface area is 117 Å². The maximum absolute atomic E-state index is 11.4. The summed E-state index contributed by atoms with van der Waals surface area (Å²) in [5.74, 6) is 1.86. The van der Waals surface area contributed by atoms with Crippen LogP contribution in [-0.2, 0) is 9.84 Å². The minimum absolute atomic E-state index is 0.363. The highest BCUT2D eigenvalue weighted by Crippen LogP contribution is 2.21. The Hall–Kier alpha value is -1.03. The van der Waals surface area contributed by atoms with Gasteiger partial charge in [0, 0.05) is 18.5 Å². The Kier molecular flexibility index (Phi) is 5.41. The van der Waals surface area contributed by atoms with Crippen LogP contribution in [0.5, 0.6) is 0 Å². The van der Waals surface area contributed by atoms with Crippen LogP contribution < -0.4 is 5.32 Å². The van der Waals surface area contributed by atoms with Crippen molar-refractivity contribution in [1.82, 2.24) is 0 Å². The molecular formula is C15H25NO2S. The van der Waals surface area contributed by atoms with Gasteiger partial charge in [0.2, 0.25) is 0 Å². The molecule has 108 valence electrons. The minimum Gasteiger partial charge on any atom is -0.385 e. The van der Waals surface area contributed by atoms with E-state index in [2.05, 4.69) is 33.0 Å². The van der Waals surface area contributed by atoms with E-state index in [9.17, 15) is 8.42 Å². The van der Waals surface area contributed by atoms with Crippen molar-refractivity contribution in [1.29, 1.82) is 0 Å². The number of benzene rings is 1. The van der Waals surface area contributed by atoms with E-state index in [-0.39, 0.29) is 0 Å². The first kappa shape index (κ1) is 16.0. The van der Waals surface area contributed by atoms with Gasteiger partial charge in [-0.1, -0.05) is 27.7 Å². The molecule has 0 aliphatic carbocycles. The Bertz CT molecular complexity index is 481. The lowest BCUT2D eigenvalue weighted by Crippen LogP contribution is -2.24. The average molecular weight is 283 g/mol. The van der Waals surface area contributed by atoms with Crippen molar-refractivity contribution in [2.24, 2.45) is 17.8 Å². The molecule has 0 saturated carbocycles. The number of rotatable bonds is 6. The zero-order valence-corrected chi connectivity index (χ0v) is 13.3.